The molecule has 5 heteroatoms. The number of allylic oxidation sites excluding steroid dienone is 1. The average molecular weight is 263 g/mol. The number of carbonyl (C=O) groups is 1. The van der Waals surface area contributed by atoms with Crippen LogP contribution in [0.25, 0.3) is 0 Å². The summed E-state index contributed by atoms with van der Waals surface area (Å²) in [5.41, 5.74) is 0.655. The van der Waals surface area contributed by atoms with Crippen molar-refractivity contribution in [2.75, 3.05) is 0 Å². The van der Waals surface area contributed by atoms with Crippen molar-refractivity contribution < 1.29 is 14.3 Å². The van der Waals surface area contributed by atoms with E-state index in [1.807, 2.05) is 0 Å². The highest BCUT2D eigenvalue weighted by Gasteiger charge is 2.13. The number of halogens is 3. The minimum absolute atomic E-state index is 0.00410. The third-order valence-corrected chi connectivity index (χ3v) is 2.27. The summed E-state index contributed by atoms with van der Waals surface area (Å²) >= 11 is 11.0. The molecule has 1 aromatic carbocycles. The van der Waals surface area contributed by atoms with Crippen LogP contribution in [0.1, 0.15) is 17.9 Å². The second-order valence-corrected chi connectivity index (χ2v) is 4.22. The van der Waals surface area contributed by atoms with Crippen LogP contribution in [0, 0.1) is 5.82 Å². The lowest BCUT2D eigenvalue weighted by Gasteiger charge is -2.10. The maximum Gasteiger partial charge on any atom is 0.304 e. The predicted molar refractivity (Wildman–Crippen MR) is 61.2 cm³/mol. The molecule has 1 aromatic rings. The highest BCUT2D eigenvalue weighted by Crippen LogP contribution is 2.25. The van der Waals surface area contributed by atoms with E-state index in [0.29, 0.717) is 5.56 Å². The SMILES string of the molecule is O=C(O)CC(C=C(Cl)Cl)c1ccc(F)cc1. The van der Waals surface area contributed by atoms with E-state index >= 15 is 0 Å². The number of hydrogen-bond donors (Lipinski definition) is 1. The van der Waals surface area contributed by atoms with Crippen molar-refractivity contribution in [3.63, 3.8) is 0 Å². The second kappa shape index (κ2) is 5.87. The van der Waals surface area contributed by atoms with Crippen molar-refractivity contribution in [2.45, 2.75) is 12.3 Å². The molecule has 1 atom stereocenters. The molecule has 1 rings (SSSR count). The fourth-order valence-corrected chi connectivity index (χ4v) is 1.63. The van der Waals surface area contributed by atoms with Crippen molar-refractivity contribution in [2.24, 2.45) is 0 Å². The van der Waals surface area contributed by atoms with Crippen LogP contribution in [0.5, 0.6) is 0 Å². The summed E-state index contributed by atoms with van der Waals surface area (Å²) in [6, 6.07) is 5.55. The summed E-state index contributed by atoms with van der Waals surface area (Å²) in [5, 5.41) is 8.72. The smallest absolute Gasteiger partial charge is 0.304 e. The van der Waals surface area contributed by atoms with Gasteiger partial charge in [-0.05, 0) is 23.8 Å². The summed E-state index contributed by atoms with van der Waals surface area (Å²) in [6.07, 6.45) is 1.28. The maximum atomic E-state index is 12.7. The van der Waals surface area contributed by atoms with Crippen molar-refractivity contribution in [3.05, 3.63) is 46.2 Å². The monoisotopic (exact) mass is 262 g/mol. The lowest BCUT2D eigenvalue weighted by Crippen LogP contribution is -2.04. The van der Waals surface area contributed by atoms with E-state index in [0.717, 1.165) is 0 Å². The molecule has 0 bridgehead atoms. The third kappa shape index (κ3) is 4.21. The normalized spacial score (nSPS) is 11.9. The Morgan fingerprint density at radius 3 is 2.38 bits per heavy atom. The summed E-state index contributed by atoms with van der Waals surface area (Å²) in [4.78, 5) is 10.6. The van der Waals surface area contributed by atoms with Crippen LogP contribution in [0.3, 0.4) is 0 Å². The minimum Gasteiger partial charge on any atom is -0.481 e. The summed E-state index contributed by atoms with van der Waals surface area (Å²) in [6.45, 7) is 0. The van der Waals surface area contributed by atoms with Crippen molar-refractivity contribution in [1.82, 2.24) is 0 Å². The first kappa shape index (κ1) is 13.0. The molecule has 16 heavy (non-hydrogen) atoms. The molecule has 86 valence electrons. The molecule has 0 amide bonds. The number of aliphatic carboxylic acids is 1. The standard InChI is InChI=1S/C11H9Cl2FO2/c12-10(13)5-8(6-11(15)16)7-1-3-9(14)4-2-7/h1-5,8H,6H2,(H,15,16). The Labute approximate surface area is 102 Å². The van der Waals surface area contributed by atoms with Gasteiger partial charge < -0.3 is 5.11 Å². The first-order chi connectivity index (χ1) is 7.49. The highest BCUT2D eigenvalue weighted by atomic mass is 35.5. The summed E-state index contributed by atoms with van der Waals surface area (Å²) in [7, 11) is 0. The maximum absolute atomic E-state index is 12.7. The fourth-order valence-electron chi connectivity index (χ4n) is 1.32. The Hall–Kier alpha value is -1.06. The van der Waals surface area contributed by atoms with Crippen LogP contribution in [-0.4, -0.2) is 11.1 Å². The van der Waals surface area contributed by atoms with Gasteiger partial charge in [0.1, 0.15) is 10.3 Å². The molecule has 2 nitrogen and oxygen atoms in total. The van der Waals surface area contributed by atoms with E-state index in [1.54, 1.807) is 0 Å². The Balaban J connectivity index is 2.96. The van der Waals surface area contributed by atoms with Crippen LogP contribution in [0.15, 0.2) is 34.8 Å². The molecule has 0 aliphatic rings. The molecule has 0 aliphatic heterocycles. The van der Waals surface area contributed by atoms with Gasteiger partial charge in [0.05, 0.1) is 6.42 Å². The van der Waals surface area contributed by atoms with E-state index < -0.39 is 11.9 Å². The van der Waals surface area contributed by atoms with E-state index in [9.17, 15) is 9.18 Å². The van der Waals surface area contributed by atoms with Gasteiger partial charge in [-0.15, -0.1) is 0 Å². The Bertz CT molecular complexity index is 397. The molecule has 0 aliphatic carbocycles. The van der Waals surface area contributed by atoms with Gasteiger partial charge in [0.15, 0.2) is 0 Å². The summed E-state index contributed by atoms with van der Waals surface area (Å²) < 4.78 is 12.7. The van der Waals surface area contributed by atoms with Gasteiger partial charge in [-0.1, -0.05) is 35.3 Å². The molecule has 1 N–H and O–H groups in total. The molecular weight excluding hydrogens is 254 g/mol. The van der Waals surface area contributed by atoms with Crippen LogP contribution in [0.2, 0.25) is 0 Å². The van der Waals surface area contributed by atoms with E-state index in [2.05, 4.69) is 0 Å². The number of benzene rings is 1. The Morgan fingerprint density at radius 1 is 1.38 bits per heavy atom. The van der Waals surface area contributed by atoms with E-state index in [4.69, 9.17) is 28.3 Å². The van der Waals surface area contributed by atoms with Gasteiger partial charge in [-0.25, -0.2) is 4.39 Å². The Kier molecular flexibility index (Phi) is 4.77. The van der Waals surface area contributed by atoms with Crippen LogP contribution < -0.4 is 0 Å². The molecule has 0 aromatic heterocycles. The van der Waals surface area contributed by atoms with Gasteiger partial charge in [0.25, 0.3) is 0 Å². The largest absolute Gasteiger partial charge is 0.481 e. The van der Waals surface area contributed by atoms with Crippen LogP contribution >= 0.6 is 23.2 Å². The number of hydrogen-bond acceptors (Lipinski definition) is 1. The van der Waals surface area contributed by atoms with Crippen LogP contribution in [-0.2, 0) is 4.79 Å². The molecule has 0 heterocycles. The van der Waals surface area contributed by atoms with Gasteiger partial charge in [0, 0.05) is 5.92 Å². The third-order valence-electron chi connectivity index (χ3n) is 2.02. The van der Waals surface area contributed by atoms with Crippen LogP contribution in [0.4, 0.5) is 4.39 Å². The number of rotatable bonds is 4. The molecule has 1 unspecified atom stereocenters. The summed E-state index contributed by atoms with van der Waals surface area (Å²) in [5.74, 6) is -1.80. The Morgan fingerprint density at radius 2 is 1.94 bits per heavy atom. The van der Waals surface area contributed by atoms with Gasteiger partial charge in [0.2, 0.25) is 0 Å². The van der Waals surface area contributed by atoms with Gasteiger partial charge in [-0.3, -0.25) is 4.79 Å². The molecule has 0 spiro atoms. The molecule has 0 saturated heterocycles. The van der Waals surface area contributed by atoms with Crippen molar-refractivity contribution in [1.29, 1.82) is 0 Å². The molecule has 0 fully saturated rings. The van der Waals surface area contributed by atoms with E-state index in [1.165, 1.54) is 30.3 Å². The lowest BCUT2D eigenvalue weighted by molar-refractivity contribution is -0.137. The fraction of sp³-hybridized carbons (Fsp3) is 0.182. The molecular formula is C11H9Cl2FO2. The van der Waals surface area contributed by atoms with Crippen molar-refractivity contribution in [3.8, 4) is 0 Å². The molecule has 0 radical (unpaired) electrons. The first-order valence-corrected chi connectivity index (χ1v) is 5.24. The highest BCUT2D eigenvalue weighted by molar-refractivity contribution is 6.55. The zero-order chi connectivity index (χ0) is 12.1. The van der Waals surface area contributed by atoms with E-state index in [-0.39, 0.29) is 16.7 Å². The number of carboxylic acids is 1. The van der Waals surface area contributed by atoms with Gasteiger partial charge in [-0.2, -0.15) is 0 Å². The van der Waals surface area contributed by atoms with Gasteiger partial charge >= 0.3 is 5.97 Å². The van der Waals surface area contributed by atoms with Crippen molar-refractivity contribution >= 4 is 29.2 Å². The average Bonchev–Trinajstić information content (AvgIpc) is 2.16. The minimum atomic E-state index is -0.972. The zero-order valence-corrected chi connectivity index (χ0v) is 9.67. The number of carboxylic acid groups (broad SMARTS) is 1. The lowest BCUT2D eigenvalue weighted by atomic mass is 9.96. The predicted octanol–water partition coefficient (Wildman–Crippen LogP) is 3.70. The topological polar surface area (TPSA) is 37.3 Å². The molecule has 0 saturated carbocycles. The first-order valence-electron chi connectivity index (χ1n) is 4.49. The second-order valence-electron chi connectivity index (χ2n) is 3.21. The quantitative estimate of drug-likeness (QED) is 0.899. The zero-order valence-electron chi connectivity index (χ0n) is 8.16.